The van der Waals surface area contributed by atoms with E-state index in [9.17, 15) is 9.18 Å². The number of halogens is 1. The maximum absolute atomic E-state index is 13.5. The van der Waals surface area contributed by atoms with Crippen LogP contribution >= 0.6 is 0 Å². The summed E-state index contributed by atoms with van der Waals surface area (Å²) < 4.78 is 15.4. The second-order valence-electron chi connectivity index (χ2n) is 6.97. The number of hydrogen-bond donors (Lipinski definition) is 2. The Morgan fingerprint density at radius 1 is 1.10 bits per heavy atom. The average Bonchev–Trinajstić information content (AvgIpc) is 2.97. The zero-order chi connectivity index (χ0) is 20.4. The van der Waals surface area contributed by atoms with Gasteiger partial charge < -0.3 is 15.6 Å². The Balaban J connectivity index is 1.83. The number of unbranched alkanes of at least 4 members (excludes halogenated alkanes) is 2. The third kappa shape index (κ3) is 3.63. The van der Waals surface area contributed by atoms with Gasteiger partial charge in [0, 0.05) is 12.2 Å². The maximum Gasteiger partial charge on any atom is 0.261 e. The van der Waals surface area contributed by atoms with Crippen molar-refractivity contribution in [3.63, 3.8) is 0 Å². The Hall–Kier alpha value is -3.48. The minimum absolute atomic E-state index is 0.263. The SMILES string of the molecule is CCCCCn1c(N)c(C(=O)Nc2cccc(F)c2)c2nc3ccccc3nc21. The molecule has 3 N–H and O–H groups in total. The van der Waals surface area contributed by atoms with Gasteiger partial charge in [0.15, 0.2) is 5.65 Å². The van der Waals surface area contributed by atoms with Crippen LogP contribution in [0.5, 0.6) is 0 Å². The van der Waals surface area contributed by atoms with Crippen molar-refractivity contribution in [1.82, 2.24) is 14.5 Å². The Morgan fingerprint density at radius 2 is 1.86 bits per heavy atom. The van der Waals surface area contributed by atoms with Gasteiger partial charge in [0.2, 0.25) is 0 Å². The minimum Gasteiger partial charge on any atom is -0.384 e. The summed E-state index contributed by atoms with van der Waals surface area (Å²) in [6.45, 7) is 2.78. The van der Waals surface area contributed by atoms with Crippen LogP contribution in [0.15, 0.2) is 48.5 Å². The first-order chi connectivity index (χ1) is 14.1. The van der Waals surface area contributed by atoms with E-state index in [1.807, 2.05) is 28.8 Å². The van der Waals surface area contributed by atoms with E-state index in [2.05, 4.69) is 17.2 Å². The van der Waals surface area contributed by atoms with Gasteiger partial charge in [0.05, 0.1) is 11.0 Å². The largest absolute Gasteiger partial charge is 0.384 e. The number of nitrogen functional groups attached to an aromatic ring is 1. The Labute approximate surface area is 167 Å². The predicted octanol–water partition coefficient (Wildman–Crippen LogP) is 4.75. The molecule has 148 valence electrons. The molecule has 0 radical (unpaired) electrons. The Bertz CT molecular complexity index is 1200. The van der Waals surface area contributed by atoms with Crippen LogP contribution in [0.2, 0.25) is 0 Å². The lowest BCUT2D eigenvalue weighted by Crippen LogP contribution is -2.15. The summed E-state index contributed by atoms with van der Waals surface area (Å²) in [4.78, 5) is 22.4. The quantitative estimate of drug-likeness (QED) is 0.465. The van der Waals surface area contributed by atoms with Crippen molar-refractivity contribution in [3.8, 4) is 0 Å². The lowest BCUT2D eigenvalue weighted by atomic mass is 10.2. The number of nitrogens with two attached hydrogens (primary N) is 1. The molecule has 0 aliphatic rings. The first-order valence-electron chi connectivity index (χ1n) is 9.70. The van der Waals surface area contributed by atoms with Crippen molar-refractivity contribution in [2.24, 2.45) is 0 Å². The van der Waals surface area contributed by atoms with Gasteiger partial charge in [-0.05, 0) is 36.8 Å². The number of hydrogen-bond acceptors (Lipinski definition) is 4. The highest BCUT2D eigenvalue weighted by Gasteiger charge is 2.24. The van der Waals surface area contributed by atoms with Crippen LogP contribution in [0.4, 0.5) is 15.9 Å². The van der Waals surface area contributed by atoms with Gasteiger partial charge in [0.25, 0.3) is 5.91 Å². The first-order valence-corrected chi connectivity index (χ1v) is 9.70. The average molecular weight is 391 g/mol. The second-order valence-corrected chi connectivity index (χ2v) is 6.97. The summed E-state index contributed by atoms with van der Waals surface area (Å²) in [6.07, 6.45) is 3.04. The predicted molar refractivity (Wildman–Crippen MR) is 113 cm³/mol. The number of aromatic nitrogens is 3. The van der Waals surface area contributed by atoms with E-state index in [0.29, 0.717) is 34.7 Å². The van der Waals surface area contributed by atoms with Gasteiger partial charge in [-0.15, -0.1) is 0 Å². The molecular weight excluding hydrogens is 369 g/mol. The molecule has 0 saturated carbocycles. The molecule has 0 unspecified atom stereocenters. The smallest absolute Gasteiger partial charge is 0.261 e. The lowest BCUT2D eigenvalue weighted by Gasteiger charge is -2.08. The van der Waals surface area contributed by atoms with E-state index in [4.69, 9.17) is 10.7 Å². The normalized spacial score (nSPS) is 11.2. The lowest BCUT2D eigenvalue weighted by molar-refractivity contribution is 0.102. The van der Waals surface area contributed by atoms with Crippen molar-refractivity contribution in [2.75, 3.05) is 11.1 Å². The number of amides is 1. The monoisotopic (exact) mass is 391 g/mol. The molecule has 0 saturated heterocycles. The van der Waals surface area contributed by atoms with E-state index in [1.54, 1.807) is 6.07 Å². The number of benzene rings is 2. The summed E-state index contributed by atoms with van der Waals surface area (Å²) in [6, 6.07) is 13.2. The highest BCUT2D eigenvalue weighted by Crippen LogP contribution is 2.29. The molecule has 0 aliphatic carbocycles. The molecular formula is C22H22FN5O. The molecule has 0 aliphatic heterocycles. The van der Waals surface area contributed by atoms with Crippen LogP contribution in [0.25, 0.3) is 22.2 Å². The topological polar surface area (TPSA) is 85.8 Å². The van der Waals surface area contributed by atoms with E-state index in [-0.39, 0.29) is 5.56 Å². The number of para-hydroxylation sites is 2. The molecule has 2 aromatic heterocycles. The van der Waals surface area contributed by atoms with Gasteiger partial charge in [-0.1, -0.05) is 38.0 Å². The summed E-state index contributed by atoms with van der Waals surface area (Å²) in [7, 11) is 0. The zero-order valence-electron chi connectivity index (χ0n) is 16.2. The molecule has 4 aromatic rings. The van der Waals surface area contributed by atoms with Crippen LogP contribution in [0.1, 0.15) is 36.5 Å². The van der Waals surface area contributed by atoms with Crippen molar-refractivity contribution in [3.05, 3.63) is 59.9 Å². The molecule has 0 atom stereocenters. The van der Waals surface area contributed by atoms with Crippen LogP contribution in [0, 0.1) is 5.82 Å². The van der Waals surface area contributed by atoms with E-state index in [0.717, 1.165) is 24.8 Å². The number of rotatable bonds is 6. The number of nitrogens with zero attached hydrogens (tertiary/aromatic N) is 3. The van der Waals surface area contributed by atoms with Crippen LogP contribution in [-0.4, -0.2) is 20.4 Å². The number of aryl methyl sites for hydroxylation is 1. The van der Waals surface area contributed by atoms with Gasteiger partial charge in [-0.3, -0.25) is 4.79 Å². The highest BCUT2D eigenvalue weighted by molar-refractivity contribution is 6.16. The van der Waals surface area contributed by atoms with Crippen molar-refractivity contribution >= 4 is 39.6 Å². The molecule has 4 rings (SSSR count). The summed E-state index contributed by atoms with van der Waals surface area (Å²) in [5.74, 6) is -0.541. The number of anilines is 2. The first kappa shape index (κ1) is 18.9. The number of carbonyl (C=O) groups excluding carboxylic acids is 1. The van der Waals surface area contributed by atoms with E-state index >= 15 is 0 Å². The van der Waals surface area contributed by atoms with Crippen molar-refractivity contribution in [2.45, 2.75) is 32.7 Å². The molecule has 1 amide bonds. The Morgan fingerprint density at radius 3 is 2.59 bits per heavy atom. The van der Waals surface area contributed by atoms with Gasteiger partial charge >= 0.3 is 0 Å². The van der Waals surface area contributed by atoms with Crippen LogP contribution in [0.3, 0.4) is 0 Å². The standard InChI is InChI=1S/C22H22FN5O/c1-2-3-6-12-28-20(24)18(22(29)25-15-9-7-8-14(23)13-15)19-21(28)27-17-11-5-4-10-16(17)26-19/h4-5,7-11,13H,2-3,6,12,24H2,1H3,(H,25,29). The van der Waals surface area contributed by atoms with Gasteiger partial charge in [-0.25, -0.2) is 14.4 Å². The molecule has 2 heterocycles. The molecule has 29 heavy (non-hydrogen) atoms. The van der Waals surface area contributed by atoms with Gasteiger partial charge in [-0.2, -0.15) is 0 Å². The minimum atomic E-state index is -0.433. The van der Waals surface area contributed by atoms with Crippen LogP contribution in [-0.2, 0) is 6.54 Å². The van der Waals surface area contributed by atoms with Crippen LogP contribution < -0.4 is 11.1 Å². The summed E-state index contributed by atoms with van der Waals surface area (Å²) in [5, 5.41) is 2.72. The highest BCUT2D eigenvalue weighted by atomic mass is 19.1. The maximum atomic E-state index is 13.5. The van der Waals surface area contributed by atoms with E-state index in [1.165, 1.54) is 18.2 Å². The summed E-state index contributed by atoms with van der Waals surface area (Å²) >= 11 is 0. The number of fused-ring (bicyclic) bond motifs is 2. The fourth-order valence-corrected chi connectivity index (χ4v) is 3.45. The third-order valence-electron chi connectivity index (χ3n) is 4.89. The fourth-order valence-electron chi connectivity index (χ4n) is 3.45. The number of nitrogens with one attached hydrogen (secondary N) is 1. The molecule has 2 aromatic carbocycles. The van der Waals surface area contributed by atoms with E-state index < -0.39 is 11.7 Å². The molecule has 0 spiro atoms. The molecule has 6 nitrogen and oxygen atoms in total. The van der Waals surface area contributed by atoms with Crippen molar-refractivity contribution in [1.29, 1.82) is 0 Å². The van der Waals surface area contributed by atoms with Gasteiger partial charge in [0.1, 0.15) is 22.7 Å². The Kier molecular flexibility index (Phi) is 5.12. The fraction of sp³-hybridized carbons (Fsp3) is 0.227. The second kappa shape index (κ2) is 7.87. The molecule has 0 bridgehead atoms. The van der Waals surface area contributed by atoms with Crippen molar-refractivity contribution < 1.29 is 9.18 Å². The summed E-state index contributed by atoms with van der Waals surface area (Å²) in [5.41, 5.74) is 9.48. The zero-order valence-corrected chi connectivity index (χ0v) is 16.2. The number of carbonyl (C=O) groups is 1. The molecule has 0 fully saturated rings. The molecule has 7 heteroatoms. The third-order valence-corrected chi connectivity index (χ3v) is 4.89.